The van der Waals surface area contributed by atoms with Gasteiger partial charge in [0, 0.05) is 4.47 Å². The maximum absolute atomic E-state index is 5.78. The molecule has 21 heavy (non-hydrogen) atoms. The molecule has 0 spiro atoms. The van der Waals surface area contributed by atoms with E-state index >= 15 is 0 Å². The summed E-state index contributed by atoms with van der Waals surface area (Å²) in [6, 6.07) is 12.6. The second-order valence-corrected chi connectivity index (χ2v) is 6.22. The minimum atomic E-state index is 0.0388. The van der Waals surface area contributed by atoms with E-state index in [0.717, 1.165) is 27.8 Å². The van der Waals surface area contributed by atoms with Crippen LogP contribution in [-0.2, 0) is 6.42 Å². The fraction of sp³-hybridized carbons (Fsp3) is 0.294. The van der Waals surface area contributed by atoms with Gasteiger partial charge in [0.05, 0.1) is 13.2 Å². The predicted molar refractivity (Wildman–Crippen MR) is 90.4 cm³/mol. The molecule has 0 aliphatic carbocycles. The van der Waals surface area contributed by atoms with Crippen LogP contribution in [0.2, 0.25) is 0 Å². The fourth-order valence-corrected chi connectivity index (χ4v) is 3.15. The standard InChI is InChI=1S/C17H21BrN2O/c1-11-4-5-17(21-3)14(6-11)10-16(20-19)13-7-12(2)8-15(18)9-13/h4-9,16,20H,10,19H2,1-3H3. The lowest BCUT2D eigenvalue weighted by Gasteiger charge is -2.19. The van der Waals surface area contributed by atoms with Crippen LogP contribution >= 0.6 is 15.9 Å². The van der Waals surface area contributed by atoms with Gasteiger partial charge >= 0.3 is 0 Å². The molecule has 0 bridgehead atoms. The SMILES string of the molecule is COc1ccc(C)cc1CC(NN)c1cc(C)cc(Br)c1. The van der Waals surface area contributed by atoms with Crippen molar-refractivity contribution in [2.24, 2.45) is 5.84 Å². The Hall–Kier alpha value is -1.36. The minimum absolute atomic E-state index is 0.0388. The van der Waals surface area contributed by atoms with Crippen molar-refractivity contribution in [3.05, 3.63) is 63.1 Å². The molecule has 1 unspecified atom stereocenters. The summed E-state index contributed by atoms with van der Waals surface area (Å²) in [7, 11) is 1.70. The number of methoxy groups -OCH3 is 1. The number of aryl methyl sites for hydroxylation is 2. The molecule has 0 aromatic heterocycles. The third-order valence-corrected chi connectivity index (χ3v) is 3.99. The lowest BCUT2D eigenvalue weighted by atomic mass is 9.96. The molecule has 2 aromatic carbocycles. The number of ether oxygens (including phenoxy) is 1. The van der Waals surface area contributed by atoms with E-state index in [4.69, 9.17) is 10.6 Å². The number of benzene rings is 2. The summed E-state index contributed by atoms with van der Waals surface area (Å²) >= 11 is 3.54. The summed E-state index contributed by atoms with van der Waals surface area (Å²) in [5.74, 6) is 6.67. The van der Waals surface area contributed by atoms with Gasteiger partial charge in [0.2, 0.25) is 0 Å². The first-order chi connectivity index (χ1) is 10.0. The Bertz CT molecular complexity index is 608. The van der Waals surface area contributed by atoms with Crippen molar-refractivity contribution in [2.45, 2.75) is 26.3 Å². The van der Waals surface area contributed by atoms with Crippen LogP contribution in [0.4, 0.5) is 0 Å². The molecule has 0 aliphatic rings. The van der Waals surface area contributed by atoms with E-state index in [1.807, 2.05) is 6.07 Å². The molecule has 3 nitrogen and oxygen atoms in total. The second-order valence-electron chi connectivity index (χ2n) is 5.30. The van der Waals surface area contributed by atoms with E-state index in [0.29, 0.717) is 0 Å². The van der Waals surface area contributed by atoms with Gasteiger partial charge in [-0.2, -0.15) is 0 Å². The maximum Gasteiger partial charge on any atom is 0.122 e. The van der Waals surface area contributed by atoms with Crippen LogP contribution in [0.5, 0.6) is 5.75 Å². The molecule has 112 valence electrons. The zero-order valence-electron chi connectivity index (χ0n) is 12.6. The smallest absolute Gasteiger partial charge is 0.122 e. The van der Waals surface area contributed by atoms with Gasteiger partial charge < -0.3 is 4.74 Å². The Morgan fingerprint density at radius 2 is 1.90 bits per heavy atom. The average molecular weight is 349 g/mol. The first-order valence-corrected chi connectivity index (χ1v) is 7.69. The highest BCUT2D eigenvalue weighted by Gasteiger charge is 2.14. The molecule has 1 atom stereocenters. The van der Waals surface area contributed by atoms with Crippen LogP contribution in [0.15, 0.2) is 40.9 Å². The monoisotopic (exact) mass is 348 g/mol. The Kier molecular flexibility index (Phi) is 5.39. The third kappa shape index (κ3) is 4.06. The lowest BCUT2D eigenvalue weighted by Crippen LogP contribution is -2.29. The quantitative estimate of drug-likeness (QED) is 0.637. The molecule has 3 N–H and O–H groups in total. The van der Waals surface area contributed by atoms with Crippen LogP contribution in [0.1, 0.15) is 28.3 Å². The molecule has 2 aromatic rings. The average Bonchev–Trinajstić information content (AvgIpc) is 2.43. The van der Waals surface area contributed by atoms with Gasteiger partial charge in [-0.15, -0.1) is 0 Å². The molecule has 0 fully saturated rings. The molecular formula is C17H21BrN2O. The Labute approximate surface area is 134 Å². The molecule has 0 saturated heterocycles. The number of hydrazine groups is 1. The van der Waals surface area contributed by atoms with Crippen molar-refractivity contribution in [2.75, 3.05) is 7.11 Å². The van der Waals surface area contributed by atoms with Gasteiger partial charge in [-0.1, -0.05) is 39.7 Å². The first-order valence-electron chi connectivity index (χ1n) is 6.90. The molecule has 0 amide bonds. The number of nitrogens with one attached hydrogen (secondary N) is 1. The minimum Gasteiger partial charge on any atom is -0.496 e. The fourth-order valence-electron chi connectivity index (χ4n) is 2.53. The van der Waals surface area contributed by atoms with Crippen molar-refractivity contribution >= 4 is 15.9 Å². The summed E-state index contributed by atoms with van der Waals surface area (Å²) in [5, 5.41) is 0. The van der Waals surface area contributed by atoms with Crippen LogP contribution in [0.3, 0.4) is 0 Å². The highest BCUT2D eigenvalue weighted by atomic mass is 79.9. The molecular weight excluding hydrogens is 328 g/mol. The zero-order valence-corrected chi connectivity index (χ0v) is 14.2. The molecule has 0 heterocycles. The zero-order chi connectivity index (χ0) is 15.4. The topological polar surface area (TPSA) is 47.3 Å². The van der Waals surface area contributed by atoms with E-state index < -0.39 is 0 Å². The number of hydrogen-bond acceptors (Lipinski definition) is 3. The Morgan fingerprint density at radius 1 is 1.14 bits per heavy atom. The Morgan fingerprint density at radius 3 is 2.52 bits per heavy atom. The second kappa shape index (κ2) is 7.07. The van der Waals surface area contributed by atoms with E-state index in [2.05, 4.69) is 65.5 Å². The van der Waals surface area contributed by atoms with Crippen molar-refractivity contribution in [1.82, 2.24) is 5.43 Å². The molecule has 2 rings (SSSR count). The van der Waals surface area contributed by atoms with Crippen LogP contribution < -0.4 is 16.0 Å². The first kappa shape index (κ1) is 16.0. The van der Waals surface area contributed by atoms with E-state index in [-0.39, 0.29) is 6.04 Å². The van der Waals surface area contributed by atoms with Crippen LogP contribution in [-0.4, -0.2) is 7.11 Å². The lowest BCUT2D eigenvalue weighted by molar-refractivity contribution is 0.405. The highest BCUT2D eigenvalue weighted by molar-refractivity contribution is 9.10. The van der Waals surface area contributed by atoms with Crippen molar-refractivity contribution < 1.29 is 4.74 Å². The van der Waals surface area contributed by atoms with Crippen molar-refractivity contribution in [1.29, 1.82) is 0 Å². The highest BCUT2D eigenvalue weighted by Crippen LogP contribution is 2.27. The van der Waals surface area contributed by atoms with Crippen LogP contribution in [0, 0.1) is 13.8 Å². The molecule has 0 aliphatic heterocycles. The number of rotatable bonds is 5. The van der Waals surface area contributed by atoms with Gasteiger partial charge in [-0.25, -0.2) is 0 Å². The van der Waals surface area contributed by atoms with E-state index in [1.54, 1.807) is 7.11 Å². The largest absolute Gasteiger partial charge is 0.496 e. The summed E-state index contributed by atoms with van der Waals surface area (Å²) < 4.78 is 6.52. The van der Waals surface area contributed by atoms with Crippen molar-refractivity contribution in [3.8, 4) is 5.75 Å². The maximum atomic E-state index is 5.78. The number of nitrogens with two attached hydrogens (primary N) is 1. The summed E-state index contributed by atoms with van der Waals surface area (Å²) in [5.41, 5.74) is 7.65. The molecule has 0 saturated carbocycles. The number of halogens is 1. The summed E-state index contributed by atoms with van der Waals surface area (Å²) in [6.07, 6.45) is 0.775. The van der Waals surface area contributed by atoms with E-state index in [9.17, 15) is 0 Å². The molecule has 4 heteroatoms. The van der Waals surface area contributed by atoms with Gasteiger partial charge in [0.1, 0.15) is 5.75 Å². The van der Waals surface area contributed by atoms with Gasteiger partial charge in [0.15, 0.2) is 0 Å². The van der Waals surface area contributed by atoms with Gasteiger partial charge in [0.25, 0.3) is 0 Å². The summed E-state index contributed by atoms with van der Waals surface area (Å²) in [6.45, 7) is 4.16. The van der Waals surface area contributed by atoms with E-state index in [1.165, 1.54) is 11.1 Å². The van der Waals surface area contributed by atoms with Crippen LogP contribution in [0.25, 0.3) is 0 Å². The normalized spacial score (nSPS) is 12.2. The van der Waals surface area contributed by atoms with Gasteiger partial charge in [-0.05, 0) is 55.2 Å². The third-order valence-electron chi connectivity index (χ3n) is 3.53. The Balaban J connectivity index is 2.32. The predicted octanol–water partition coefficient (Wildman–Crippen LogP) is 3.82. The summed E-state index contributed by atoms with van der Waals surface area (Å²) in [4.78, 5) is 0. The van der Waals surface area contributed by atoms with Gasteiger partial charge in [-0.3, -0.25) is 11.3 Å². The molecule has 0 radical (unpaired) electrons. The van der Waals surface area contributed by atoms with Crippen molar-refractivity contribution in [3.63, 3.8) is 0 Å². The number of hydrogen-bond donors (Lipinski definition) is 2.